The Morgan fingerprint density at radius 2 is 2.19 bits per heavy atom. The van der Waals surface area contributed by atoms with Crippen LogP contribution in [0.5, 0.6) is 0 Å². The van der Waals surface area contributed by atoms with Gasteiger partial charge in [0.1, 0.15) is 11.9 Å². The van der Waals surface area contributed by atoms with Gasteiger partial charge in [-0.15, -0.1) is 0 Å². The number of carbonyl (C=O) groups excluding carboxylic acids is 1. The molecule has 2 N–H and O–H groups in total. The third kappa shape index (κ3) is 3.33. The molecule has 0 radical (unpaired) electrons. The fourth-order valence-electron chi connectivity index (χ4n) is 4.12. The average molecular weight is 354 g/mol. The fraction of sp³-hybridized carbons (Fsp3) is 0.500. The van der Waals surface area contributed by atoms with Crippen molar-refractivity contribution in [2.24, 2.45) is 5.92 Å². The summed E-state index contributed by atoms with van der Waals surface area (Å²) < 4.78 is 5.89. The molecular weight excluding hydrogens is 328 g/mol. The summed E-state index contributed by atoms with van der Waals surface area (Å²) in [5.74, 6) is 0.601. The van der Waals surface area contributed by atoms with Crippen LogP contribution >= 0.6 is 0 Å². The van der Waals surface area contributed by atoms with E-state index in [1.54, 1.807) is 12.4 Å². The van der Waals surface area contributed by atoms with Gasteiger partial charge in [-0.3, -0.25) is 4.79 Å². The minimum absolute atomic E-state index is 0.0443. The van der Waals surface area contributed by atoms with Gasteiger partial charge in [-0.2, -0.15) is 0 Å². The van der Waals surface area contributed by atoms with E-state index in [4.69, 9.17) is 4.74 Å². The number of amides is 1. The van der Waals surface area contributed by atoms with E-state index in [9.17, 15) is 4.79 Å². The molecule has 6 heteroatoms. The van der Waals surface area contributed by atoms with Crippen molar-refractivity contribution in [2.45, 2.75) is 37.8 Å². The second-order valence-electron chi connectivity index (χ2n) is 7.20. The van der Waals surface area contributed by atoms with Gasteiger partial charge < -0.3 is 19.9 Å². The number of nitrogens with one attached hydrogen (secondary N) is 2. The molecule has 2 aliphatic rings. The minimum Gasteiger partial charge on any atom is -0.374 e. The van der Waals surface area contributed by atoms with Crippen molar-refractivity contribution in [3.63, 3.8) is 0 Å². The molecule has 6 nitrogen and oxygen atoms in total. The summed E-state index contributed by atoms with van der Waals surface area (Å²) in [5, 5.41) is 3.31. The van der Waals surface area contributed by atoms with E-state index < -0.39 is 0 Å². The molecule has 2 aromatic rings. The van der Waals surface area contributed by atoms with Gasteiger partial charge in [-0.05, 0) is 37.3 Å². The number of aromatic nitrogens is 2. The summed E-state index contributed by atoms with van der Waals surface area (Å²) in [4.78, 5) is 22.8. The molecule has 0 aliphatic carbocycles. The number of aromatic amines is 1. The molecule has 1 saturated heterocycles. The van der Waals surface area contributed by atoms with Gasteiger partial charge in [0, 0.05) is 38.3 Å². The third-order valence-corrected chi connectivity index (χ3v) is 5.47. The van der Waals surface area contributed by atoms with E-state index in [-0.39, 0.29) is 24.0 Å². The molecule has 2 aliphatic heterocycles. The molecule has 1 unspecified atom stereocenters. The van der Waals surface area contributed by atoms with Crippen LogP contribution in [0.15, 0.2) is 36.7 Å². The number of nitrogens with zero attached hydrogens (tertiary/aromatic N) is 2. The number of benzene rings is 1. The molecule has 138 valence electrons. The van der Waals surface area contributed by atoms with Gasteiger partial charge in [-0.1, -0.05) is 18.2 Å². The van der Waals surface area contributed by atoms with E-state index in [1.165, 1.54) is 11.3 Å². The molecule has 0 saturated carbocycles. The van der Waals surface area contributed by atoms with Crippen LogP contribution in [0.1, 0.15) is 49.2 Å². The lowest BCUT2D eigenvalue weighted by Gasteiger charge is -2.31. The van der Waals surface area contributed by atoms with Crippen LogP contribution < -0.4 is 10.2 Å². The molecule has 0 bridgehead atoms. The fourth-order valence-corrected chi connectivity index (χ4v) is 4.12. The van der Waals surface area contributed by atoms with Crippen LogP contribution in [0.3, 0.4) is 0 Å². The third-order valence-electron chi connectivity index (χ3n) is 5.47. The highest BCUT2D eigenvalue weighted by molar-refractivity contribution is 5.80. The number of fused-ring (bicyclic) bond motifs is 1. The first-order valence-corrected chi connectivity index (χ1v) is 9.45. The number of anilines is 1. The number of rotatable bonds is 3. The number of hydrogen-bond acceptors (Lipinski definition) is 4. The van der Waals surface area contributed by atoms with Crippen molar-refractivity contribution >= 4 is 11.6 Å². The summed E-state index contributed by atoms with van der Waals surface area (Å²) in [6.07, 6.45) is 6.93. The Balaban J connectivity index is 1.54. The van der Waals surface area contributed by atoms with Gasteiger partial charge >= 0.3 is 0 Å². The summed E-state index contributed by atoms with van der Waals surface area (Å²) in [6, 6.07) is 8.41. The van der Waals surface area contributed by atoms with E-state index in [0.29, 0.717) is 6.61 Å². The van der Waals surface area contributed by atoms with Crippen LogP contribution in [0.4, 0.5) is 5.69 Å². The summed E-state index contributed by atoms with van der Waals surface area (Å²) in [6.45, 7) is 1.68. The van der Waals surface area contributed by atoms with Gasteiger partial charge in [0.05, 0.1) is 12.0 Å². The van der Waals surface area contributed by atoms with Gasteiger partial charge in [-0.25, -0.2) is 4.98 Å². The van der Waals surface area contributed by atoms with E-state index in [2.05, 4.69) is 45.4 Å². The van der Waals surface area contributed by atoms with Crippen molar-refractivity contribution in [3.8, 4) is 0 Å². The van der Waals surface area contributed by atoms with Gasteiger partial charge in [0.25, 0.3) is 0 Å². The number of para-hydroxylation sites is 1. The highest BCUT2D eigenvalue weighted by atomic mass is 16.5. The Morgan fingerprint density at radius 3 is 3.04 bits per heavy atom. The smallest absolute Gasteiger partial charge is 0.226 e. The molecule has 1 fully saturated rings. The maximum absolute atomic E-state index is 13.1. The molecule has 3 atom stereocenters. The van der Waals surface area contributed by atoms with Crippen molar-refractivity contribution < 1.29 is 9.53 Å². The van der Waals surface area contributed by atoms with Crippen molar-refractivity contribution in [2.75, 3.05) is 25.1 Å². The Morgan fingerprint density at radius 1 is 1.31 bits per heavy atom. The Hall–Kier alpha value is -2.34. The second kappa shape index (κ2) is 7.50. The number of carbonyl (C=O) groups is 1. The van der Waals surface area contributed by atoms with Crippen molar-refractivity contribution in [1.82, 2.24) is 15.3 Å². The molecule has 1 aromatic carbocycles. The largest absolute Gasteiger partial charge is 0.374 e. The number of imidazole rings is 1. The quantitative estimate of drug-likeness (QED) is 0.889. The molecular formula is C20H26N4O2. The lowest BCUT2D eigenvalue weighted by molar-refractivity contribution is -0.136. The second-order valence-corrected chi connectivity index (χ2v) is 7.20. The van der Waals surface area contributed by atoms with Crippen molar-refractivity contribution in [3.05, 3.63) is 48.0 Å². The normalized spacial score (nSPS) is 26.0. The molecule has 4 rings (SSSR count). The average Bonchev–Trinajstić information content (AvgIpc) is 3.16. The van der Waals surface area contributed by atoms with Crippen molar-refractivity contribution in [1.29, 1.82) is 0 Å². The van der Waals surface area contributed by atoms with Crippen LogP contribution in [0.25, 0.3) is 0 Å². The zero-order valence-corrected chi connectivity index (χ0v) is 15.1. The lowest BCUT2D eigenvalue weighted by atomic mass is 9.91. The summed E-state index contributed by atoms with van der Waals surface area (Å²) >= 11 is 0. The van der Waals surface area contributed by atoms with Crippen LogP contribution in [0, 0.1) is 5.92 Å². The van der Waals surface area contributed by atoms with Crippen LogP contribution in [0.2, 0.25) is 0 Å². The Bertz CT molecular complexity index is 746. The number of hydrogen-bond donors (Lipinski definition) is 2. The number of H-pyrrole nitrogens is 1. The van der Waals surface area contributed by atoms with E-state index in [1.807, 2.05) is 6.07 Å². The SMILES string of the molecule is CN1CCCC(NC(=O)[C@@H]2CCCO[C@H]2c2ncc[nH]2)c2ccccc21. The maximum Gasteiger partial charge on any atom is 0.226 e. The lowest BCUT2D eigenvalue weighted by Crippen LogP contribution is -2.39. The van der Waals surface area contributed by atoms with Gasteiger partial charge in [0.15, 0.2) is 0 Å². The van der Waals surface area contributed by atoms with Crippen LogP contribution in [-0.2, 0) is 9.53 Å². The van der Waals surface area contributed by atoms with Gasteiger partial charge in [0.2, 0.25) is 5.91 Å². The molecule has 26 heavy (non-hydrogen) atoms. The predicted octanol–water partition coefficient (Wildman–Crippen LogP) is 2.96. The standard InChI is InChI=1S/C20H26N4O2/c1-24-12-4-8-16(14-6-2-3-9-17(14)24)23-20(25)15-7-5-13-26-18(15)19-21-10-11-22-19/h2-3,6,9-11,15-16,18H,4-5,7-8,12-13H2,1H3,(H,21,22)(H,23,25)/t15-,16?,18-/m1/s1. The molecule has 1 amide bonds. The maximum atomic E-state index is 13.1. The molecule has 0 spiro atoms. The Kier molecular flexibility index (Phi) is 4.93. The van der Waals surface area contributed by atoms with E-state index >= 15 is 0 Å². The zero-order valence-electron chi connectivity index (χ0n) is 15.1. The summed E-state index contributed by atoms with van der Waals surface area (Å²) in [7, 11) is 2.12. The summed E-state index contributed by atoms with van der Waals surface area (Å²) in [5.41, 5.74) is 2.41. The molecule has 1 aromatic heterocycles. The highest BCUT2D eigenvalue weighted by Gasteiger charge is 2.36. The predicted molar refractivity (Wildman–Crippen MR) is 99.8 cm³/mol. The zero-order chi connectivity index (χ0) is 17.9. The first kappa shape index (κ1) is 17.1. The Labute approximate surface area is 154 Å². The first-order chi connectivity index (χ1) is 12.7. The monoisotopic (exact) mass is 354 g/mol. The van der Waals surface area contributed by atoms with E-state index in [0.717, 1.165) is 38.1 Å². The van der Waals surface area contributed by atoms with Crippen LogP contribution in [-0.4, -0.2) is 36.1 Å². The molecule has 3 heterocycles. The topological polar surface area (TPSA) is 70.2 Å². The number of ether oxygens (including phenoxy) is 1. The first-order valence-electron chi connectivity index (χ1n) is 9.45. The minimum atomic E-state index is -0.289. The highest BCUT2D eigenvalue weighted by Crippen LogP contribution is 2.35.